The van der Waals surface area contributed by atoms with Crippen molar-refractivity contribution in [3.63, 3.8) is 0 Å². The van der Waals surface area contributed by atoms with Crippen LogP contribution in [0.3, 0.4) is 0 Å². The van der Waals surface area contributed by atoms with Crippen LogP contribution in [0.5, 0.6) is 17.2 Å². The zero-order valence-corrected chi connectivity index (χ0v) is 17.3. The summed E-state index contributed by atoms with van der Waals surface area (Å²) in [7, 11) is 3.20. The molecule has 5 heteroatoms. The Hall–Kier alpha value is -3.99. The first kappa shape index (κ1) is 20.3. The van der Waals surface area contributed by atoms with E-state index >= 15 is 0 Å². The maximum atomic E-state index is 12.3. The molecule has 3 aromatic carbocycles. The number of methoxy groups -OCH3 is 2. The molecule has 156 valence electrons. The van der Waals surface area contributed by atoms with Crippen molar-refractivity contribution in [1.29, 1.82) is 0 Å². The fraction of sp³-hybridized carbons (Fsp3) is 0.115. The predicted octanol–water partition coefficient (Wildman–Crippen LogP) is 5.26. The van der Waals surface area contributed by atoms with E-state index in [4.69, 9.17) is 18.9 Å². The van der Waals surface area contributed by atoms with Gasteiger partial charge in [0.25, 0.3) is 0 Å². The minimum atomic E-state index is -0.394. The second-order valence-corrected chi connectivity index (χ2v) is 6.91. The third-order valence-corrected chi connectivity index (χ3v) is 4.85. The molecule has 0 N–H and O–H groups in total. The Labute approximate surface area is 181 Å². The van der Waals surface area contributed by atoms with Crippen molar-refractivity contribution >= 4 is 17.8 Å². The van der Waals surface area contributed by atoms with Crippen LogP contribution in [0.25, 0.3) is 11.8 Å². The molecule has 31 heavy (non-hydrogen) atoms. The standard InChI is InChI=1S/C26H22O5/c1-28-22-11-9-20(10-12-22)24-16-21(26(27)31-24)14-19-8-13-23(25(15-19)29-2)30-17-18-6-4-3-5-7-18/h3-16H,17H2,1-2H3. The van der Waals surface area contributed by atoms with Crippen LogP contribution < -0.4 is 14.2 Å². The number of carbonyl (C=O) groups excluding carboxylic acids is 1. The van der Waals surface area contributed by atoms with Gasteiger partial charge in [0.1, 0.15) is 18.1 Å². The number of rotatable bonds is 7. The van der Waals surface area contributed by atoms with Gasteiger partial charge in [0.05, 0.1) is 19.8 Å². The van der Waals surface area contributed by atoms with Crippen LogP contribution in [0, 0.1) is 0 Å². The van der Waals surface area contributed by atoms with Gasteiger partial charge in [0, 0.05) is 5.56 Å². The van der Waals surface area contributed by atoms with E-state index in [-0.39, 0.29) is 0 Å². The van der Waals surface area contributed by atoms with Crippen LogP contribution in [-0.2, 0) is 16.1 Å². The Balaban J connectivity index is 1.53. The molecular weight excluding hydrogens is 392 g/mol. The fourth-order valence-corrected chi connectivity index (χ4v) is 3.19. The molecule has 0 radical (unpaired) electrons. The Morgan fingerprint density at radius 3 is 2.35 bits per heavy atom. The highest BCUT2D eigenvalue weighted by atomic mass is 16.5. The summed E-state index contributed by atoms with van der Waals surface area (Å²) in [6.45, 7) is 0.442. The van der Waals surface area contributed by atoms with Crippen LogP contribution >= 0.6 is 0 Å². The van der Waals surface area contributed by atoms with Gasteiger partial charge in [0.15, 0.2) is 11.5 Å². The number of carbonyl (C=O) groups is 1. The van der Waals surface area contributed by atoms with Crippen molar-refractivity contribution in [3.8, 4) is 17.2 Å². The summed E-state index contributed by atoms with van der Waals surface area (Å²) in [5.41, 5.74) is 3.15. The third kappa shape index (κ3) is 4.78. The number of cyclic esters (lactones) is 1. The molecule has 0 unspecified atom stereocenters. The normalized spacial score (nSPS) is 14.2. The topological polar surface area (TPSA) is 54.0 Å². The lowest BCUT2D eigenvalue weighted by Gasteiger charge is -2.11. The van der Waals surface area contributed by atoms with Gasteiger partial charge in [-0.25, -0.2) is 4.79 Å². The molecule has 1 aliphatic heterocycles. The molecule has 1 heterocycles. The molecule has 0 spiro atoms. The van der Waals surface area contributed by atoms with Crippen LogP contribution in [0.15, 0.2) is 84.4 Å². The van der Waals surface area contributed by atoms with Crippen LogP contribution in [-0.4, -0.2) is 20.2 Å². The summed E-state index contributed by atoms with van der Waals surface area (Å²) < 4.78 is 22.0. The van der Waals surface area contributed by atoms with Crippen molar-refractivity contribution < 1.29 is 23.7 Å². The second kappa shape index (κ2) is 9.22. The average Bonchev–Trinajstić information content (AvgIpc) is 3.18. The number of esters is 1. The molecule has 0 saturated carbocycles. The number of hydrogen-bond acceptors (Lipinski definition) is 5. The SMILES string of the molecule is COc1ccc(C2=CC(=Cc3ccc(OCc4ccccc4)c(OC)c3)C(=O)O2)cc1. The third-order valence-electron chi connectivity index (χ3n) is 4.85. The summed E-state index contributed by atoms with van der Waals surface area (Å²) in [6.07, 6.45) is 3.50. The molecular formula is C26H22O5. The van der Waals surface area contributed by atoms with E-state index in [0.29, 0.717) is 29.4 Å². The maximum absolute atomic E-state index is 12.3. The molecule has 0 aromatic heterocycles. The van der Waals surface area contributed by atoms with Crippen LogP contribution in [0.2, 0.25) is 0 Å². The van der Waals surface area contributed by atoms with Crippen molar-refractivity contribution in [2.75, 3.05) is 14.2 Å². The second-order valence-electron chi connectivity index (χ2n) is 6.91. The van der Waals surface area contributed by atoms with Gasteiger partial charge in [-0.1, -0.05) is 36.4 Å². The molecule has 0 aliphatic carbocycles. The van der Waals surface area contributed by atoms with Crippen LogP contribution in [0.4, 0.5) is 0 Å². The number of ether oxygens (including phenoxy) is 4. The highest BCUT2D eigenvalue weighted by molar-refractivity contribution is 6.05. The minimum absolute atomic E-state index is 0.394. The van der Waals surface area contributed by atoms with Crippen molar-refractivity contribution in [1.82, 2.24) is 0 Å². The molecule has 4 rings (SSSR count). The minimum Gasteiger partial charge on any atom is -0.497 e. The zero-order chi connectivity index (χ0) is 21.6. The van der Waals surface area contributed by atoms with Gasteiger partial charge in [0.2, 0.25) is 0 Å². The van der Waals surface area contributed by atoms with Crippen molar-refractivity contribution in [2.45, 2.75) is 6.61 Å². The monoisotopic (exact) mass is 414 g/mol. The Kier molecular flexibility index (Phi) is 6.03. The summed E-state index contributed by atoms with van der Waals surface area (Å²) >= 11 is 0. The molecule has 0 bridgehead atoms. The van der Waals surface area contributed by atoms with Crippen molar-refractivity contribution in [3.05, 3.63) is 101 Å². The highest BCUT2D eigenvalue weighted by Crippen LogP contribution is 2.32. The van der Waals surface area contributed by atoms with E-state index in [1.54, 1.807) is 26.4 Å². The van der Waals surface area contributed by atoms with Gasteiger partial charge in [-0.05, 0) is 59.7 Å². The predicted molar refractivity (Wildman–Crippen MR) is 119 cm³/mol. The van der Waals surface area contributed by atoms with E-state index in [0.717, 1.165) is 22.4 Å². The van der Waals surface area contributed by atoms with E-state index in [1.807, 2.05) is 72.8 Å². The van der Waals surface area contributed by atoms with Gasteiger partial charge < -0.3 is 18.9 Å². The Morgan fingerprint density at radius 2 is 1.65 bits per heavy atom. The lowest BCUT2D eigenvalue weighted by Crippen LogP contribution is -1.99. The first-order valence-corrected chi connectivity index (χ1v) is 9.81. The molecule has 0 saturated heterocycles. The largest absolute Gasteiger partial charge is 0.497 e. The van der Waals surface area contributed by atoms with E-state index in [1.165, 1.54) is 0 Å². The summed E-state index contributed by atoms with van der Waals surface area (Å²) in [6, 6.07) is 22.8. The molecule has 0 atom stereocenters. The maximum Gasteiger partial charge on any atom is 0.343 e. The summed E-state index contributed by atoms with van der Waals surface area (Å²) in [4.78, 5) is 12.3. The smallest absolute Gasteiger partial charge is 0.343 e. The molecule has 1 aliphatic rings. The van der Waals surface area contributed by atoms with Crippen LogP contribution in [0.1, 0.15) is 16.7 Å². The van der Waals surface area contributed by atoms with Crippen molar-refractivity contribution in [2.24, 2.45) is 0 Å². The molecule has 5 nitrogen and oxygen atoms in total. The number of benzene rings is 3. The Morgan fingerprint density at radius 1 is 0.871 bits per heavy atom. The zero-order valence-electron chi connectivity index (χ0n) is 17.3. The average molecular weight is 414 g/mol. The molecule has 0 amide bonds. The lowest BCUT2D eigenvalue weighted by atomic mass is 10.1. The fourth-order valence-electron chi connectivity index (χ4n) is 3.19. The lowest BCUT2D eigenvalue weighted by molar-refractivity contribution is -0.130. The first-order valence-electron chi connectivity index (χ1n) is 9.81. The Bertz CT molecular complexity index is 1130. The summed E-state index contributed by atoms with van der Waals surface area (Å²) in [5.74, 6) is 2.09. The van der Waals surface area contributed by atoms with E-state index in [2.05, 4.69) is 0 Å². The quantitative estimate of drug-likeness (QED) is 0.390. The van der Waals surface area contributed by atoms with E-state index in [9.17, 15) is 4.79 Å². The molecule has 3 aromatic rings. The van der Waals surface area contributed by atoms with Gasteiger partial charge in [-0.15, -0.1) is 0 Å². The highest BCUT2D eigenvalue weighted by Gasteiger charge is 2.22. The van der Waals surface area contributed by atoms with Gasteiger partial charge >= 0.3 is 5.97 Å². The number of hydrogen-bond donors (Lipinski definition) is 0. The van der Waals surface area contributed by atoms with Gasteiger partial charge in [-0.2, -0.15) is 0 Å². The molecule has 0 fully saturated rings. The summed E-state index contributed by atoms with van der Waals surface area (Å²) in [5, 5.41) is 0. The first-order chi connectivity index (χ1) is 15.2. The van der Waals surface area contributed by atoms with Gasteiger partial charge in [-0.3, -0.25) is 0 Å². The van der Waals surface area contributed by atoms with E-state index < -0.39 is 5.97 Å².